The molecule has 3 heteroatoms. The Morgan fingerprint density at radius 2 is 2.43 bits per heavy atom. The van der Waals surface area contributed by atoms with Gasteiger partial charge >= 0.3 is 0 Å². The van der Waals surface area contributed by atoms with E-state index in [1.165, 1.54) is 12.8 Å². The lowest BCUT2D eigenvalue weighted by Gasteiger charge is -2.13. The van der Waals surface area contributed by atoms with Gasteiger partial charge < -0.3 is 5.32 Å². The van der Waals surface area contributed by atoms with Crippen molar-refractivity contribution in [3.63, 3.8) is 0 Å². The van der Waals surface area contributed by atoms with Crippen LogP contribution < -0.4 is 5.32 Å². The van der Waals surface area contributed by atoms with E-state index in [0.717, 1.165) is 18.4 Å². The zero-order valence-corrected chi connectivity index (χ0v) is 9.40. The molecule has 2 rings (SSSR count). The maximum Gasteiger partial charge on any atom is 0.169 e. The van der Waals surface area contributed by atoms with Crippen molar-refractivity contribution in [2.24, 2.45) is 0 Å². The van der Waals surface area contributed by atoms with Crippen LogP contribution in [0.15, 0.2) is 11.6 Å². The van der Waals surface area contributed by atoms with Crippen LogP contribution in [-0.4, -0.2) is 29.9 Å². The first-order valence-corrected chi connectivity index (χ1v) is 6.69. The Morgan fingerprint density at radius 3 is 3.21 bits per heavy atom. The summed E-state index contributed by atoms with van der Waals surface area (Å²) in [7, 11) is 0. The van der Waals surface area contributed by atoms with E-state index in [2.05, 4.69) is 11.4 Å². The number of nitrogens with one attached hydrogen (secondary N) is 1. The van der Waals surface area contributed by atoms with Crippen molar-refractivity contribution in [1.82, 2.24) is 5.32 Å². The number of allylic oxidation sites excluding steroid dienone is 1. The monoisotopic (exact) mass is 211 g/mol. The van der Waals surface area contributed by atoms with Crippen LogP contribution in [0.1, 0.15) is 25.7 Å². The van der Waals surface area contributed by atoms with Crippen molar-refractivity contribution in [2.45, 2.75) is 37.8 Å². The molecular weight excluding hydrogens is 194 g/mol. The van der Waals surface area contributed by atoms with Crippen LogP contribution >= 0.6 is 11.8 Å². The lowest BCUT2D eigenvalue weighted by atomic mass is 9.97. The number of ketones is 1. The largest absolute Gasteiger partial charge is 0.307 e. The maximum atomic E-state index is 11.8. The summed E-state index contributed by atoms with van der Waals surface area (Å²) in [5.41, 5.74) is 1.05. The van der Waals surface area contributed by atoms with E-state index in [1.54, 1.807) is 11.8 Å². The van der Waals surface area contributed by atoms with E-state index >= 15 is 0 Å². The predicted molar refractivity (Wildman–Crippen MR) is 60.7 cm³/mol. The summed E-state index contributed by atoms with van der Waals surface area (Å²) >= 11 is 1.62. The van der Waals surface area contributed by atoms with Crippen molar-refractivity contribution in [2.75, 3.05) is 12.0 Å². The number of thioether (sulfide) groups is 1. The van der Waals surface area contributed by atoms with Gasteiger partial charge in [-0.25, -0.2) is 0 Å². The van der Waals surface area contributed by atoms with Gasteiger partial charge in [0.25, 0.3) is 0 Å². The highest BCUT2D eigenvalue weighted by atomic mass is 32.2. The van der Waals surface area contributed by atoms with Gasteiger partial charge in [-0.2, -0.15) is 11.8 Å². The van der Waals surface area contributed by atoms with Gasteiger partial charge in [0.05, 0.1) is 5.75 Å². The van der Waals surface area contributed by atoms with E-state index in [9.17, 15) is 4.79 Å². The summed E-state index contributed by atoms with van der Waals surface area (Å²) in [6.45, 7) is 0. The van der Waals surface area contributed by atoms with Gasteiger partial charge in [0.2, 0.25) is 0 Å². The van der Waals surface area contributed by atoms with Crippen molar-refractivity contribution < 1.29 is 4.79 Å². The molecule has 0 spiro atoms. The van der Waals surface area contributed by atoms with Gasteiger partial charge in [0.1, 0.15) is 0 Å². The quantitative estimate of drug-likeness (QED) is 0.771. The van der Waals surface area contributed by atoms with E-state index in [4.69, 9.17) is 0 Å². The second-order valence-corrected chi connectivity index (χ2v) is 4.95. The van der Waals surface area contributed by atoms with Crippen LogP contribution in [0.4, 0.5) is 0 Å². The lowest BCUT2D eigenvalue weighted by molar-refractivity contribution is -0.113. The molecule has 0 aromatic heterocycles. The van der Waals surface area contributed by atoms with Crippen LogP contribution in [-0.2, 0) is 4.79 Å². The third kappa shape index (κ3) is 2.04. The minimum atomic E-state index is 0.331. The molecule has 0 aliphatic carbocycles. The van der Waals surface area contributed by atoms with E-state index in [0.29, 0.717) is 23.6 Å². The summed E-state index contributed by atoms with van der Waals surface area (Å²) in [6.07, 6.45) is 8.82. The predicted octanol–water partition coefficient (Wildman–Crippen LogP) is 1.76. The molecule has 14 heavy (non-hydrogen) atoms. The molecule has 78 valence electrons. The highest BCUT2D eigenvalue weighted by molar-refractivity contribution is 7.99. The molecule has 2 aliphatic rings. The van der Waals surface area contributed by atoms with Gasteiger partial charge in [-0.15, -0.1) is 0 Å². The molecule has 0 aromatic rings. The van der Waals surface area contributed by atoms with Gasteiger partial charge in [0, 0.05) is 17.7 Å². The third-order valence-corrected chi connectivity index (χ3v) is 3.64. The second-order valence-electron chi connectivity index (χ2n) is 4.09. The van der Waals surface area contributed by atoms with Crippen molar-refractivity contribution >= 4 is 17.5 Å². The molecule has 1 N–H and O–H groups in total. The molecule has 1 fully saturated rings. The standard InChI is InChI=1S/C11H17NOS/c1-14-7-11(13)9-4-2-3-8-5-6-10(9)12-8/h4,8,10,12H,2-3,5-7H2,1H3/t8-,10?/m0/s1. The molecule has 0 amide bonds. The molecule has 1 saturated heterocycles. The zero-order valence-electron chi connectivity index (χ0n) is 8.58. The fourth-order valence-corrected chi connectivity index (χ4v) is 2.83. The summed E-state index contributed by atoms with van der Waals surface area (Å²) in [6, 6.07) is 1.03. The fourth-order valence-electron chi connectivity index (χ4n) is 2.40. The smallest absolute Gasteiger partial charge is 0.169 e. The first-order chi connectivity index (χ1) is 6.81. The summed E-state index contributed by atoms with van der Waals surface area (Å²) in [5, 5.41) is 3.54. The molecule has 1 unspecified atom stereocenters. The first-order valence-electron chi connectivity index (χ1n) is 5.29. The van der Waals surface area contributed by atoms with E-state index < -0.39 is 0 Å². The molecule has 0 saturated carbocycles. The fraction of sp³-hybridized carbons (Fsp3) is 0.727. The van der Waals surface area contributed by atoms with Crippen molar-refractivity contribution in [1.29, 1.82) is 0 Å². The Morgan fingerprint density at radius 1 is 1.57 bits per heavy atom. The van der Waals surface area contributed by atoms with Gasteiger partial charge in [-0.1, -0.05) is 6.08 Å². The second kappa shape index (κ2) is 4.49. The normalized spacial score (nSPS) is 31.1. The van der Waals surface area contributed by atoms with Gasteiger partial charge in [-0.05, 0) is 31.9 Å². The molecule has 0 radical (unpaired) electrons. The van der Waals surface area contributed by atoms with Gasteiger partial charge in [0.15, 0.2) is 5.78 Å². The molecule has 0 aromatic carbocycles. The van der Waals surface area contributed by atoms with Gasteiger partial charge in [-0.3, -0.25) is 4.79 Å². The number of hydrogen-bond acceptors (Lipinski definition) is 3. The average molecular weight is 211 g/mol. The number of Topliss-reactive ketones (excluding diaryl/α,β-unsaturated/α-hetero) is 1. The molecule has 2 aliphatic heterocycles. The van der Waals surface area contributed by atoms with Crippen LogP contribution in [0.2, 0.25) is 0 Å². The summed E-state index contributed by atoms with van der Waals surface area (Å²) < 4.78 is 0. The number of rotatable bonds is 3. The number of fused-ring (bicyclic) bond motifs is 2. The highest BCUT2D eigenvalue weighted by Crippen LogP contribution is 2.26. The summed E-state index contributed by atoms with van der Waals surface area (Å²) in [4.78, 5) is 11.8. The minimum absolute atomic E-state index is 0.331. The Bertz CT molecular complexity index is 262. The maximum absolute atomic E-state index is 11.8. The molecule has 2 nitrogen and oxygen atoms in total. The average Bonchev–Trinajstić information content (AvgIpc) is 2.47. The van der Waals surface area contributed by atoms with Crippen molar-refractivity contribution in [3.05, 3.63) is 11.6 Å². The number of hydrogen-bond donors (Lipinski definition) is 1. The molecular formula is C11H17NOS. The zero-order chi connectivity index (χ0) is 9.97. The minimum Gasteiger partial charge on any atom is -0.307 e. The Balaban J connectivity index is 2.08. The Kier molecular flexibility index (Phi) is 3.29. The Labute approximate surface area is 89.5 Å². The first kappa shape index (κ1) is 10.2. The Hall–Kier alpha value is -0.280. The number of carbonyl (C=O) groups excluding carboxylic acids is 1. The SMILES string of the molecule is CSCC(=O)C1=CCC[C@H]2CCC1N2. The third-order valence-electron chi connectivity index (χ3n) is 3.09. The highest BCUT2D eigenvalue weighted by Gasteiger charge is 2.30. The molecule has 2 bridgehead atoms. The molecule has 2 atom stereocenters. The number of carbonyl (C=O) groups is 1. The summed E-state index contributed by atoms with van der Waals surface area (Å²) in [5.74, 6) is 0.965. The van der Waals surface area contributed by atoms with Crippen LogP contribution in [0, 0.1) is 0 Å². The lowest BCUT2D eigenvalue weighted by Crippen LogP contribution is -2.31. The van der Waals surface area contributed by atoms with E-state index in [-0.39, 0.29) is 0 Å². The van der Waals surface area contributed by atoms with Crippen LogP contribution in [0.3, 0.4) is 0 Å². The van der Waals surface area contributed by atoms with E-state index in [1.807, 2.05) is 6.26 Å². The molecule has 2 heterocycles. The topological polar surface area (TPSA) is 29.1 Å². The van der Waals surface area contributed by atoms with Crippen LogP contribution in [0.25, 0.3) is 0 Å². The van der Waals surface area contributed by atoms with Crippen molar-refractivity contribution in [3.8, 4) is 0 Å². The van der Waals surface area contributed by atoms with Crippen LogP contribution in [0.5, 0.6) is 0 Å².